The molecule has 14 heteroatoms. The normalized spacial score (nSPS) is 16.8. The minimum atomic E-state index is -2.93. The van der Waals surface area contributed by atoms with E-state index in [1.807, 2.05) is 225 Å². The third-order valence-corrected chi connectivity index (χ3v) is 24.3. The molecular weight excluding hydrogens is 1610 g/mol. The first kappa shape index (κ1) is 66.4. The highest BCUT2D eigenvalue weighted by Crippen LogP contribution is 2.45. The molecule has 0 saturated carbocycles. The number of nitrogens with zero attached hydrogens (tertiary/aromatic N) is 8. The van der Waals surface area contributed by atoms with Gasteiger partial charge in [0, 0.05) is 142 Å². The van der Waals surface area contributed by atoms with Gasteiger partial charge in [-0.25, -0.2) is 47.0 Å². The van der Waals surface area contributed by atoms with Crippen molar-refractivity contribution in [2.75, 3.05) is 0 Å². The van der Waals surface area contributed by atoms with Crippen molar-refractivity contribution in [3.8, 4) is 89.5 Å². The summed E-state index contributed by atoms with van der Waals surface area (Å²) in [7, 11) is 7.80. The van der Waals surface area contributed by atoms with E-state index in [2.05, 4.69) is 91.4 Å². The van der Waals surface area contributed by atoms with Crippen molar-refractivity contribution in [3.05, 3.63) is 334 Å². The van der Waals surface area contributed by atoms with Gasteiger partial charge in [0.05, 0.1) is 22.3 Å². The lowest BCUT2D eigenvalue weighted by Gasteiger charge is -2.17. The lowest BCUT2D eigenvalue weighted by atomic mass is 9.89. The maximum Gasteiger partial charge on any atom is 0.227 e. The summed E-state index contributed by atoms with van der Waals surface area (Å²) in [6.45, 7) is 8.77. The van der Waals surface area contributed by atoms with Gasteiger partial charge < -0.3 is 17.7 Å². The highest BCUT2D eigenvalue weighted by Gasteiger charge is 2.29. The van der Waals surface area contributed by atoms with Crippen LogP contribution in [0.2, 0.25) is 0 Å². The minimum Gasteiger partial charge on any atom is -0.437 e. The fourth-order valence-corrected chi connectivity index (χ4v) is 17.3. The smallest absolute Gasteiger partial charge is 0.227 e. The summed E-state index contributed by atoms with van der Waals surface area (Å²) in [5.74, 6) is -12.1. The Hall–Kier alpha value is -14.0. The highest BCUT2D eigenvalue weighted by atomic mass is 19.1. The molecule has 12 heterocycles. The number of pyridine rings is 8. The van der Waals surface area contributed by atoms with Crippen LogP contribution in [0.25, 0.3) is 178 Å². The summed E-state index contributed by atoms with van der Waals surface area (Å²) in [4.78, 5) is 18.3. The molecule has 0 aliphatic heterocycles. The number of fused-ring (bicyclic) bond motifs is 12. The lowest BCUT2D eigenvalue weighted by molar-refractivity contribution is -0.660. The van der Waals surface area contributed by atoms with Crippen molar-refractivity contribution in [3.63, 3.8) is 0 Å². The van der Waals surface area contributed by atoms with E-state index < -0.39 is 86.5 Å². The van der Waals surface area contributed by atoms with E-state index in [1.165, 1.54) is 45.0 Å². The van der Waals surface area contributed by atoms with Crippen molar-refractivity contribution in [1.29, 1.82) is 0 Å². The van der Waals surface area contributed by atoms with E-state index in [0.29, 0.717) is 45.1 Å². The van der Waals surface area contributed by atoms with Crippen molar-refractivity contribution < 1.29 is 72.1 Å². The van der Waals surface area contributed by atoms with Crippen LogP contribution in [0.15, 0.2) is 267 Å². The second kappa shape index (κ2) is 35.9. The molecule has 0 spiro atoms. The van der Waals surface area contributed by atoms with Gasteiger partial charge in [-0.05, 0) is 259 Å². The van der Waals surface area contributed by atoms with Gasteiger partial charge >= 0.3 is 0 Å². The molecule has 0 saturated heterocycles. The number of hydrogen-bond acceptors (Lipinski definition) is 8. The standard InChI is InChI=1S/C31H32FN2O.C29H29N2O.C28H26FN2O.C28H27N2O/c1-17(2)25-14-22(15-26(18(3)4)29(25)32)21-12-13-34(7)27(16-21)28-19(5)8-10-23-24-11-9-20(6)33-31(24)35-30(23)28;1-18(2)15-21-7-6-8-22(16-21)23-13-14-31(5)26(17-23)27-19(3)9-11-24-25-12-10-20(4)30-29(25)32-28(24)27;1-16(2)23-14-19(8-11-24(23)29)20-12-13-31(5)25(15-20)26-17(3)6-9-21-22-10-7-18(4)30-28(22)32-27(21)26;1-17(2)20-7-6-8-21(15-20)22-13-14-30(5)25(16-22)26-18(3)9-11-23-24-12-10-19(4)29-28(24)31-27(23)26/h8-18H,1-7H3;6-14,16-18H,15H2,1-5H3;6-16H,1-5H3;6-17H,1-5H3/q4*+1/i1D3,3D3,17D,18D;1D3,18D;1D3,16D;1D3,17D. The molecule has 12 nitrogen and oxygen atoms in total. The molecule has 0 fully saturated rings. The minimum absolute atomic E-state index is 0.147. The Bertz CT molecular complexity index is 8740. The summed E-state index contributed by atoms with van der Waals surface area (Å²) in [5, 5.41) is 7.69. The fourth-order valence-electron chi connectivity index (χ4n) is 17.3. The first-order valence-corrected chi connectivity index (χ1v) is 43.1. The molecule has 652 valence electrons. The van der Waals surface area contributed by atoms with Crippen LogP contribution in [-0.2, 0) is 34.6 Å². The van der Waals surface area contributed by atoms with Crippen molar-refractivity contribution in [2.45, 2.75) is 154 Å². The number of hydrogen-bond donors (Lipinski definition) is 0. The summed E-state index contributed by atoms with van der Waals surface area (Å²) >= 11 is 0. The maximum atomic E-state index is 16.0. The van der Waals surface area contributed by atoms with E-state index in [0.717, 1.165) is 197 Å². The molecule has 8 aromatic carbocycles. The summed E-state index contributed by atoms with van der Waals surface area (Å²) in [5.41, 5.74) is 26.3. The predicted molar refractivity (Wildman–Crippen MR) is 527 cm³/mol. The van der Waals surface area contributed by atoms with E-state index >= 15 is 4.39 Å². The summed E-state index contributed by atoms with van der Waals surface area (Å²) in [6, 6.07) is 70.0. The summed E-state index contributed by atoms with van der Waals surface area (Å²) < 4.78 is 224. The molecule has 20 aromatic rings. The van der Waals surface area contributed by atoms with Crippen LogP contribution in [0.5, 0.6) is 0 Å². The van der Waals surface area contributed by atoms with Crippen LogP contribution in [0.3, 0.4) is 0 Å². The third-order valence-electron chi connectivity index (χ3n) is 24.3. The van der Waals surface area contributed by atoms with Gasteiger partial charge in [-0.2, -0.15) is 0 Å². The Balaban J connectivity index is 0.000000137. The molecule has 0 aliphatic carbocycles. The summed E-state index contributed by atoms with van der Waals surface area (Å²) in [6.07, 6.45) is 7.85. The van der Waals surface area contributed by atoms with Crippen LogP contribution in [0.4, 0.5) is 8.78 Å². The van der Waals surface area contributed by atoms with Crippen LogP contribution in [-0.4, -0.2) is 19.9 Å². The van der Waals surface area contributed by atoms with Gasteiger partial charge in [-0.15, -0.1) is 0 Å². The van der Waals surface area contributed by atoms with Crippen molar-refractivity contribution in [2.24, 2.45) is 34.1 Å². The molecule has 12 aromatic heterocycles. The molecular formula is C116H114F2N8O4+4. The number of furan rings is 4. The van der Waals surface area contributed by atoms with E-state index in [-0.39, 0.29) is 17.5 Å². The molecule has 0 bridgehead atoms. The molecule has 0 amide bonds. The van der Waals surface area contributed by atoms with Gasteiger partial charge in [0.15, 0.2) is 47.1 Å². The first-order valence-electron chi connectivity index (χ1n) is 53.1. The number of benzene rings is 8. The van der Waals surface area contributed by atoms with Gasteiger partial charge in [0.25, 0.3) is 0 Å². The molecule has 130 heavy (non-hydrogen) atoms. The molecule has 5 unspecified atom stereocenters. The second-order valence-corrected chi connectivity index (χ2v) is 34.1. The SMILES string of the molecule is [2H]C([2H])([2H])C([2H])(C)Cc1cccc(-c2cc[n+](C)c(-c3c(C)ccc4c3oc3nc(C)ccc34)c2)c1.[2H]C([2H])([2H])C([2H])(C)c1cc(-c2cc[n+](C)c(-c3c(C)ccc4c3oc3nc(C)ccc34)c2)cc(C([2H])(C)C([2H])([2H])[2H])c1F.[2H]C([2H])([2H])C([2H])(C)c1cc(-c2cc[n+](C)c(-c3c(C)ccc4c3oc3nc(C)ccc34)c2)ccc1F.[2H]C([2H])([2H])C([2H])(C)c1cccc(-c2cc[n+](C)c(-c3c(C)ccc4c3oc3nc(C)ccc34)c2)c1. The fraction of sp³-hybridized carbons (Fsp3) is 0.241. The molecule has 5 atom stereocenters. The van der Waals surface area contributed by atoms with Crippen molar-refractivity contribution in [1.82, 2.24) is 19.9 Å². The molecule has 20 rings (SSSR count). The van der Waals surface area contributed by atoms with Crippen LogP contribution in [0, 0.1) is 72.9 Å². The lowest BCUT2D eigenvalue weighted by Crippen LogP contribution is -2.30. The second-order valence-electron chi connectivity index (χ2n) is 34.1. The predicted octanol–water partition coefficient (Wildman–Crippen LogP) is 29.0. The Kier molecular flexibility index (Phi) is 18.4. The quantitative estimate of drug-likeness (QED) is 0.0988. The number of aryl methyl sites for hydroxylation is 12. The average molecular weight is 1740 g/mol. The zero-order valence-corrected chi connectivity index (χ0v) is 75.8. The highest BCUT2D eigenvalue weighted by molar-refractivity contribution is 6.12. The average Bonchev–Trinajstić information content (AvgIpc) is 0.899. The zero-order valence-electron chi connectivity index (χ0n) is 95.8. The number of rotatable bonds is 14. The zero-order chi connectivity index (χ0) is 109. The third kappa shape index (κ3) is 17.2. The van der Waals surface area contributed by atoms with Gasteiger partial charge in [0.2, 0.25) is 45.6 Å². The Morgan fingerprint density at radius 3 is 0.969 bits per heavy atom. The number of halogens is 2. The van der Waals surface area contributed by atoms with Gasteiger partial charge in [0.1, 0.15) is 39.8 Å². The van der Waals surface area contributed by atoms with Crippen LogP contribution in [0.1, 0.15) is 193 Å². The first-order chi connectivity index (χ1) is 70.0. The largest absolute Gasteiger partial charge is 0.437 e. The maximum absolute atomic E-state index is 16.0. The van der Waals surface area contributed by atoms with Crippen molar-refractivity contribution >= 4 is 88.3 Å². The van der Waals surface area contributed by atoms with Crippen LogP contribution < -0.4 is 18.3 Å². The van der Waals surface area contributed by atoms with Gasteiger partial charge in [-0.3, -0.25) is 0 Å². The molecule has 0 N–H and O–H groups in total. The van der Waals surface area contributed by atoms with Crippen LogP contribution >= 0.6 is 0 Å². The Labute approximate surface area is 788 Å². The van der Waals surface area contributed by atoms with E-state index in [4.69, 9.17) is 45.1 Å². The topological polar surface area (TPSA) is 120 Å². The van der Waals surface area contributed by atoms with E-state index in [1.54, 1.807) is 30.5 Å². The number of aromatic nitrogens is 8. The molecule has 0 radical (unpaired) electrons. The Morgan fingerprint density at radius 2 is 0.615 bits per heavy atom. The monoisotopic (exact) mass is 1740 g/mol. The molecule has 0 aliphatic rings. The van der Waals surface area contributed by atoms with Gasteiger partial charge in [-0.1, -0.05) is 172 Å². The van der Waals surface area contributed by atoms with E-state index in [9.17, 15) is 4.39 Å². The Morgan fingerprint density at radius 1 is 0.308 bits per heavy atom.